The molecule has 2 aliphatic rings. The number of carbonyl (C=O) groups is 1. The number of rotatable bonds is 6. The topological polar surface area (TPSA) is 35.6 Å². The molecule has 2 aliphatic carbocycles. The number of likely N-dealkylation sites (N-methyl/N-ethyl adjacent to an activating group) is 2. The summed E-state index contributed by atoms with van der Waals surface area (Å²) in [6.45, 7) is 3.76. The average Bonchev–Trinajstić information content (AvgIpc) is 3.21. The van der Waals surface area contributed by atoms with Gasteiger partial charge in [0.2, 0.25) is 5.91 Å². The van der Waals surface area contributed by atoms with Gasteiger partial charge in [-0.1, -0.05) is 19.8 Å². The molecule has 4 nitrogen and oxygen atoms in total. The molecule has 2 atom stereocenters. The van der Waals surface area contributed by atoms with Gasteiger partial charge in [0.15, 0.2) is 0 Å². The standard InChI is InChI=1S/C16H31N3O/c1-13-6-5-9-16(10-13,18(2)3)12-17-11-15(20)19(4)14-7-8-14/h13-14,17H,5-12H2,1-4H3. The first-order chi connectivity index (χ1) is 9.44. The first kappa shape index (κ1) is 15.8. The van der Waals surface area contributed by atoms with Crippen molar-refractivity contribution in [3.63, 3.8) is 0 Å². The predicted octanol–water partition coefficient (Wildman–Crippen LogP) is 1.71. The Hall–Kier alpha value is -0.610. The number of hydrogen-bond acceptors (Lipinski definition) is 3. The summed E-state index contributed by atoms with van der Waals surface area (Å²) in [4.78, 5) is 16.3. The molecule has 0 aromatic rings. The minimum Gasteiger partial charge on any atom is -0.342 e. The van der Waals surface area contributed by atoms with Crippen LogP contribution in [0, 0.1) is 5.92 Å². The Morgan fingerprint density at radius 2 is 1.95 bits per heavy atom. The van der Waals surface area contributed by atoms with E-state index in [1.165, 1.54) is 38.5 Å². The Kier molecular flexibility index (Phi) is 5.08. The van der Waals surface area contributed by atoms with E-state index in [1.807, 2.05) is 11.9 Å². The molecule has 0 aromatic carbocycles. The minimum atomic E-state index is 0.232. The summed E-state index contributed by atoms with van der Waals surface area (Å²) in [5.41, 5.74) is 0.232. The molecule has 2 fully saturated rings. The van der Waals surface area contributed by atoms with Crippen LogP contribution in [0.15, 0.2) is 0 Å². The van der Waals surface area contributed by atoms with Gasteiger partial charge >= 0.3 is 0 Å². The summed E-state index contributed by atoms with van der Waals surface area (Å²) in [7, 11) is 6.29. The zero-order valence-electron chi connectivity index (χ0n) is 13.6. The molecule has 4 heteroatoms. The number of nitrogens with one attached hydrogen (secondary N) is 1. The van der Waals surface area contributed by atoms with Crippen molar-refractivity contribution in [2.75, 3.05) is 34.2 Å². The molecule has 0 bridgehead atoms. The summed E-state index contributed by atoms with van der Waals surface area (Å²) in [5.74, 6) is 1.03. The third-order valence-electron chi connectivity index (χ3n) is 5.23. The zero-order valence-corrected chi connectivity index (χ0v) is 13.6. The van der Waals surface area contributed by atoms with Crippen molar-refractivity contribution in [3.05, 3.63) is 0 Å². The van der Waals surface area contributed by atoms with E-state index < -0.39 is 0 Å². The molecule has 0 aromatic heterocycles. The quantitative estimate of drug-likeness (QED) is 0.805. The van der Waals surface area contributed by atoms with Crippen LogP contribution < -0.4 is 5.32 Å². The van der Waals surface area contributed by atoms with Crippen LogP contribution in [-0.4, -0.2) is 61.5 Å². The fourth-order valence-corrected chi connectivity index (χ4v) is 3.55. The molecule has 1 amide bonds. The molecular weight excluding hydrogens is 250 g/mol. The molecule has 2 rings (SSSR count). The Morgan fingerprint density at radius 1 is 1.25 bits per heavy atom. The van der Waals surface area contributed by atoms with Crippen LogP contribution in [0.1, 0.15) is 45.4 Å². The monoisotopic (exact) mass is 281 g/mol. The Balaban J connectivity index is 1.81. The molecule has 0 heterocycles. The van der Waals surface area contributed by atoms with Gasteiger partial charge in [0.05, 0.1) is 6.54 Å². The molecular formula is C16H31N3O. The number of nitrogens with zero attached hydrogens (tertiary/aromatic N) is 2. The lowest BCUT2D eigenvalue weighted by Gasteiger charge is -2.45. The highest BCUT2D eigenvalue weighted by Crippen LogP contribution is 2.35. The van der Waals surface area contributed by atoms with Gasteiger partial charge in [-0.25, -0.2) is 0 Å². The molecule has 0 saturated heterocycles. The molecule has 1 N–H and O–H groups in total. The van der Waals surface area contributed by atoms with Crippen molar-refractivity contribution in [2.45, 2.75) is 57.0 Å². The lowest BCUT2D eigenvalue weighted by Crippen LogP contribution is -2.55. The van der Waals surface area contributed by atoms with Crippen molar-refractivity contribution < 1.29 is 4.79 Å². The fourth-order valence-electron chi connectivity index (χ4n) is 3.55. The minimum absolute atomic E-state index is 0.232. The van der Waals surface area contributed by atoms with Crippen LogP contribution in [0.3, 0.4) is 0 Å². The van der Waals surface area contributed by atoms with Crippen LogP contribution in [0.5, 0.6) is 0 Å². The van der Waals surface area contributed by atoms with Gasteiger partial charge in [0, 0.05) is 25.2 Å². The summed E-state index contributed by atoms with van der Waals surface area (Å²) in [6.07, 6.45) is 7.49. The van der Waals surface area contributed by atoms with E-state index in [-0.39, 0.29) is 11.4 Å². The Bertz CT molecular complexity index is 341. The van der Waals surface area contributed by atoms with Crippen LogP contribution >= 0.6 is 0 Å². The van der Waals surface area contributed by atoms with E-state index in [0.717, 1.165) is 12.5 Å². The molecule has 0 radical (unpaired) electrons. The van der Waals surface area contributed by atoms with E-state index in [2.05, 4.69) is 31.2 Å². The number of carbonyl (C=O) groups excluding carboxylic acids is 1. The fraction of sp³-hybridized carbons (Fsp3) is 0.938. The largest absolute Gasteiger partial charge is 0.342 e. The Labute approximate surface area is 123 Å². The highest BCUT2D eigenvalue weighted by Gasteiger charge is 2.37. The summed E-state index contributed by atoms with van der Waals surface area (Å²) >= 11 is 0. The van der Waals surface area contributed by atoms with Gasteiger partial charge in [0.1, 0.15) is 0 Å². The van der Waals surface area contributed by atoms with Crippen molar-refractivity contribution in [1.82, 2.24) is 15.1 Å². The second-order valence-electron chi connectivity index (χ2n) is 7.16. The smallest absolute Gasteiger partial charge is 0.236 e. The second-order valence-corrected chi connectivity index (χ2v) is 7.16. The van der Waals surface area contributed by atoms with Crippen molar-refractivity contribution >= 4 is 5.91 Å². The normalized spacial score (nSPS) is 30.6. The van der Waals surface area contributed by atoms with Gasteiger partial charge in [-0.15, -0.1) is 0 Å². The summed E-state index contributed by atoms with van der Waals surface area (Å²) in [6, 6.07) is 0.516. The maximum Gasteiger partial charge on any atom is 0.236 e. The van der Waals surface area contributed by atoms with Crippen molar-refractivity contribution in [2.24, 2.45) is 5.92 Å². The van der Waals surface area contributed by atoms with E-state index in [0.29, 0.717) is 12.6 Å². The van der Waals surface area contributed by atoms with Gasteiger partial charge in [-0.3, -0.25) is 4.79 Å². The third kappa shape index (κ3) is 3.73. The van der Waals surface area contributed by atoms with Crippen molar-refractivity contribution in [3.8, 4) is 0 Å². The van der Waals surface area contributed by atoms with Gasteiger partial charge < -0.3 is 15.1 Å². The molecule has 20 heavy (non-hydrogen) atoms. The van der Waals surface area contributed by atoms with Gasteiger partial charge in [-0.05, 0) is 45.7 Å². The van der Waals surface area contributed by atoms with Crippen LogP contribution in [0.4, 0.5) is 0 Å². The number of amides is 1. The lowest BCUT2D eigenvalue weighted by atomic mass is 9.75. The van der Waals surface area contributed by atoms with E-state index in [1.54, 1.807) is 0 Å². The molecule has 0 aliphatic heterocycles. The highest BCUT2D eigenvalue weighted by atomic mass is 16.2. The van der Waals surface area contributed by atoms with Gasteiger partial charge in [-0.2, -0.15) is 0 Å². The lowest BCUT2D eigenvalue weighted by molar-refractivity contribution is -0.129. The molecule has 2 unspecified atom stereocenters. The summed E-state index contributed by atoms with van der Waals surface area (Å²) in [5, 5.41) is 3.43. The average molecular weight is 281 g/mol. The number of hydrogen-bond donors (Lipinski definition) is 1. The maximum atomic E-state index is 12.1. The SMILES string of the molecule is CC1CCCC(CNCC(=O)N(C)C2CC2)(N(C)C)C1. The predicted molar refractivity (Wildman–Crippen MR) is 82.7 cm³/mol. The van der Waals surface area contributed by atoms with Crippen molar-refractivity contribution in [1.29, 1.82) is 0 Å². The summed E-state index contributed by atoms with van der Waals surface area (Å²) < 4.78 is 0. The highest BCUT2D eigenvalue weighted by molar-refractivity contribution is 5.78. The molecule has 2 saturated carbocycles. The second kappa shape index (κ2) is 6.44. The zero-order chi connectivity index (χ0) is 14.8. The van der Waals surface area contributed by atoms with E-state index >= 15 is 0 Å². The third-order valence-corrected chi connectivity index (χ3v) is 5.23. The van der Waals surface area contributed by atoms with E-state index in [4.69, 9.17) is 0 Å². The van der Waals surface area contributed by atoms with Crippen LogP contribution in [0.2, 0.25) is 0 Å². The van der Waals surface area contributed by atoms with E-state index in [9.17, 15) is 4.79 Å². The van der Waals surface area contributed by atoms with Crippen LogP contribution in [-0.2, 0) is 4.79 Å². The molecule has 0 spiro atoms. The molecule has 116 valence electrons. The Morgan fingerprint density at radius 3 is 2.50 bits per heavy atom. The first-order valence-corrected chi connectivity index (χ1v) is 8.08. The maximum absolute atomic E-state index is 12.1. The van der Waals surface area contributed by atoms with Gasteiger partial charge in [0.25, 0.3) is 0 Å². The van der Waals surface area contributed by atoms with Crippen LogP contribution in [0.25, 0.3) is 0 Å². The first-order valence-electron chi connectivity index (χ1n) is 8.08.